The zero-order valence-electron chi connectivity index (χ0n) is 9.35. The molecule has 0 atom stereocenters. The predicted octanol–water partition coefficient (Wildman–Crippen LogP) is 1.32. The van der Waals surface area contributed by atoms with E-state index in [1.807, 2.05) is 0 Å². The molecule has 0 heterocycles. The standard InChI is InChI=1S/C8H8FN5O4S/c9-7-2-1-6(5-8(7)14(15)16)19(17,18)12-4-3-11-13-10/h1-2,5,12H,3-4H2. The highest BCUT2D eigenvalue weighted by Gasteiger charge is 2.20. The van der Waals surface area contributed by atoms with Gasteiger partial charge < -0.3 is 0 Å². The molecule has 0 spiro atoms. The first kappa shape index (κ1) is 14.8. The van der Waals surface area contributed by atoms with Crippen LogP contribution < -0.4 is 4.72 Å². The lowest BCUT2D eigenvalue weighted by Crippen LogP contribution is -2.26. The lowest BCUT2D eigenvalue weighted by Gasteiger charge is -2.05. The number of nitro benzene ring substituents is 1. The molecule has 1 N–H and O–H groups in total. The third-order valence-corrected chi connectivity index (χ3v) is 3.45. The van der Waals surface area contributed by atoms with Crippen molar-refractivity contribution in [3.63, 3.8) is 0 Å². The van der Waals surface area contributed by atoms with Gasteiger partial charge in [0.15, 0.2) is 0 Å². The zero-order chi connectivity index (χ0) is 14.5. The second kappa shape index (κ2) is 6.09. The SMILES string of the molecule is [N-]=[N+]=NCCNS(=O)(=O)c1ccc(F)c([N+](=O)[O-])c1. The average Bonchev–Trinajstić information content (AvgIpc) is 2.34. The topological polar surface area (TPSA) is 138 Å². The Morgan fingerprint density at radius 1 is 1.53 bits per heavy atom. The Morgan fingerprint density at radius 3 is 2.79 bits per heavy atom. The second-order valence-electron chi connectivity index (χ2n) is 3.22. The third kappa shape index (κ3) is 3.88. The van der Waals surface area contributed by atoms with Crippen LogP contribution in [-0.2, 0) is 10.0 Å². The van der Waals surface area contributed by atoms with Gasteiger partial charge in [-0.1, -0.05) is 5.11 Å². The molecule has 0 fully saturated rings. The summed E-state index contributed by atoms with van der Waals surface area (Å²) in [5.41, 5.74) is 7.07. The number of halogens is 1. The number of hydrogen-bond acceptors (Lipinski definition) is 5. The Balaban J connectivity index is 2.98. The van der Waals surface area contributed by atoms with Crippen molar-refractivity contribution < 1.29 is 17.7 Å². The molecule has 0 aliphatic rings. The van der Waals surface area contributed by atoms with Crippen LogP contribution in [0.25, 0.3) is 10.4 Å². The molecule has 102 valence electrons. The molecule has 11 heteroatoms. The van der Waals surface area contributed by atoms with Crippen molar-refractivity contribution in [2.24, 2.45) is 5.11 Å². The summed E-state index contributed by atoms with van der Waals surface area (Å²) in [5.74, 6) is -1.13. The van der Waals surface area contributed by atoms with Gasteiger partial charge in [-0.15, -0.1) is 0 Å². The van der Waals surface area contributed by atoms with Gasteiger partial charge in [0, 0.05) is 24.1 Å². The quantitative estimate of drug-likeness (QED) is 0.211. The van der Waals surface area contributed by atoms with Gasteiger partial charge >= 0.3 is 5.69 Å². The van der Waals surface area contributed by atoms with Gasteiger partial charge in [0.1, 0.15) is 0 Å². The Bertz CT molecular complexity index is 641. The van der Waals surface area contributed by atoms with E-state index in [1.54, 1.807) is 0 Å². The molecule has 0 radical (unpaired) electrons. The van der Waals surface area contributed by atoms with E-state index in [1.165, 1.54) is 0 Å². The molecule has 0 bridgehead atoms. The van der Waals surface area contributed by atoms with Crippen molar-refractivity contribution >= 4 is 15.7 Å². The normalized spacial score (nSPS) is 10.8. The maximum absolute atomic E-state index is 13.0. The van der Waals surface area contributed by atoms with Crippen LogP contribution in [0.5, 0.6) is 0 Å². The van der Waals surface area contributed by atoms with Crippen molar-refractivity contribution in [2.75, 3.05) is 13.1 Å². The summed E-state index contributed by atoms with van der Waals surface area (Å²) in [6.45, 7) is -0.281. The van der Waals surface area contributed by atoms with Crippen LogP contribution in [-0.4, -0.2) is 26.4 Å². The van der Waals surface area contributed by atoms with Crippen molar-refractivity contribution in [1.29, 1.82) is 0 Å². The van der Waals surface area contributed by atoms with Gasteiger partial charge in [0.25, 0.3) is 0 Å². The van der Waals surface area contributed by atoms with Gasteiger partial charge in [-0.05, 0) is 17.7 Å². The molecule has 0 saturated carbocycles. The van der Waals surface area contributed by atoms with E-state index in [9.17, 15) is 22.9 Å². The first-order valence-corrected chi connectivity index (χ1v) is 6.31. The van der Waals surface area contributed by atoms with Crippen LogP contribution in [0.4, 0.5) is 10.1 Å². The summed E-state index contributed by atoms with van der Waals surface area (Å²) in [5, 5.41) is 13.6. The van der Waals surface area contributed by atoms with Crippen molar-refractivity contribution in [3.8, 4) is 0 Å². The van der Waals surface area contributed by atoms with E-state index in [2.05, 4.69) is 14.7 Å². The lowest BCUT2D eigenvalue weighted by atomic mass is 10.3. The minimum Gasteiger partial charge on any atom is -0.258 e. The van der Waals surface area contributed by atoms with E-state index >= 15 is 0 Å². The van der Waals surface area contributed by atoms with Crippen LogP contribution >= 0.6 is 0 Å². The molecule has 0 aliphatic carbocycles. The van der Waals surface area contributed by atoms with Crippen LogP contribution in [0.2, 0.25) is 0 Å². The van der Waals surface area contributed by atoms with Gasteiger partial charge in [0.05, 0.1) is 9.82 Å². The van der Waals surface area contributed by atoms with Crippen LogP contribution in [0, 0.1) is 15.9 Å². The van der Waals surface area contributed by atoms with E-state index < -0.39 is 31.3 Å². The maximum Gasteiger partial charge on any atom is 0.306 e. The number of benzene rings is 1. The summed E-state index contributed by atoms with van der Waals surface area (Å²) in [6.07, 6.45) is 0. The van der Waals surface area contributed by atoms with Crippen molar-refractivity contribution in [3.05, 3.63) is 44.6 Å². The van der Waals surface area contributed by atoms with Crippen LogP contribution in [0.1, 0.15) is 0 Å². The fraction of sp³-hybridized carbons (Fsp3) is 0.250. The maximum atomic E-state index is 13.0. The van der Waals surface area contributed by atoms with Crippen LogP contribution in [0.15, 0.2) is 28.2 Å². The molecule has 0 aliphatic heterocycles. The molecule has 1 aromatic carbocycles. The van der Waals surface area contributed by atoms with E-state index in [0.717, 1.165) is 6.07 Å². The highest BCUT2D eigenvalue weighted by molar-refractivity contribution is 7.89. The molecular weight excluding hydrogens is 281 g/mol. The first-order valence-electron chi connectivity index (χ1n) is 4.83. The van der Waals surface area contributed by atoms with Crippen molar-refractivity contribution in [2.45, 2.75) is 4.90 Å². The minimum atomic E-state index is -4.02. The molecule has 0 unspecified atom stereocenters. The monoisotopic (exact) mass is 289 g/mol. The highest BCUT2D eigenvalue weighted by atomic mass is 32.2. The van der Waals surface area contributed by atoms with E-state index in [4.69, 9.17) is 5.53 Å². The Morgan fingerprint density at radius 2 is 2.21 bits per heavy atom. The zero-order valence-corrected chi connectivity index (χ0v) is 10.2. The van der Waals surface area contributed by atoms with Gasteiger partial charge in [0.2, 0.25) is 15.8 Å². The smallest absolute Gasteiger partial charge is 0.258 e. The summed E-state index contributed by atoms with van der Waals surface area (Å²) in [7, 11) is -4.02. The minimum absolute atomic E-state index is 0.112. The number of hydrogen-bond donors (Lipinski definition) is 1. The molecule has 1 aromatic rings. The first-order chi connectivity index (χ1) is 8.88. The molecule has 0 aromatic heterocycles. The van der Waals surface area contributed by atoms with Gasteiger partial charge in [-0.25, -0.2) is 13.1 Å². The Hall–Kier alpha value is -2.23. The molecule has 19 heavy (non-hydrogen) atoms. The molecule has 0 amide bonds. The van der Waals surface area contributed by atoms with Gasteiger partial charge in [-0.3, -0.25) is 10.1 Å². The third-order valence-electron chi connectivity index (χ3n) is 1.99. The Labute approximate surface area is 106 Å². The number of nitrogens with zero attached hydrogens (tertiary/aromatic N) is 4. The lowest BCUT2D eigenvalue weighted by molar-refractivity contribution is -0.387. The van der Waals surface area contributed by atoms with Gasteiger partial charge in [-0.2, -0.15) is 4.39 Å². The van der Waals surface area contributed by atoms with Crippen molar-refractivity contribution in [1.82, 2.24) is 4.72 Å². The Kier molecular flexibility index (Phi) is 4.75. The number of nitro groups is 1. The molecule has 0 saturated heterocycles. The number of nitrogens with one attached hydrogen (secondary N) is 1. The number of sulfonamides is 1. The number of azide groups is 1. The summed E-state index contributed by atoms with van der Waals surface area (Å²) in [4.78, 5) is 11.5. The summed E-state index contributed by atoms with van der Waals surface area (Å²) >= 11 is 0. The fourth-order valence-electron chi connectivity index (χ4n) is 1.16. The van der Waals surface area contributed by atoms with Crippen LogP contribution in [0.3, 0.4) is 0 Å². The predicted molar refractivity (Wildman–Crippen MR) is 62.3 cm³/mol. The molecule has 9 nitrogen and oxygen atoms in total. The second-order valence-corrected chi connectivity index (χ2v) is 4.99. The largest absolute Gasteiger partial charge is 0.306 e. The molecular formula is C8H8FN5O4S. The van der Waals surface area contributed by atoms with E-state index in [-0.39, 0.29) is 13.1 Å². The average molecular weight is 289 g/mol. The fourth-order valence-corrected chi connectivity index (χ4v) is 2.20. The number of rotatable bonds is 6. The van der Waals surface area contributed by atoms with E-state index in [0.29, 0.717) is 12.1 Å². The summed E-state index contributed by atoms with van der Waals surface area (Å²) in [6, 6.07) is 2.21. The summed E-state index contributed by atoms with van der Waals surface area (Å²) < 4.78 is 38.5. The highest BCUT2D eigenvalue weighted by Crippen LogP contribution is 2.21. The molecule has 1 rings (SSSR count).